The molecule has 0 bridgehead atoms. The van der Waals surface area contributed by atoms with E-state index in [2.05, 4.69) is 46.0 Å². The monoisotopic (exact) mass is 225 g/mol. The van der Waals surface area contributed by atoms with Crippen LogP contribution in [0.15, 0.2) is 16.9 Å². The first-order valence-corrected chi connectivity index (χ1v) is 4.45. The Labute approximate surface area is 78.6 Å². The number of pyridine rings is 1. The van der Waals surface area contributed by atoms with Gasteiger partial charge in [0.1, 0.15) is 6.33 Å². The first-order valence-electron chi connectivity index (χ1n) is 3.65. The highest BCUT2D eigenvalue weighted by Gasteiger charge is 2.05. The third kappa shape index (κ3) is 0.948. The standard InChI is InChI=1S/C8H8BrN3/c1-5-3-7(9)8-11-10-4-12(8)6(5)2/h3-4H,1-2H3. The molecule has 0 aliphatic heterocycles. The molecule has 0 unspecified atom stereocenters. The second-order valence-electron chi connectivity index (χ2n) is 2.79. The van der Waals surface area contributed by atoms with Gasteiger partial charge in [-0.25, -0.2) is 0 Å². The molecule has 0 spiro atoms. The van der Waals surface area contributed by atoms with Gasteiger partial charge in [-0.05, 0) is 41.4 Å². The van der Waals surface area contributed by atoms with Crippen LogP contribution in [-0.2, 0) is 0 Å². The van der Waals surface area contributed by atoms with Crippen molar-refractivity contribution < 1.29 is 0 Å². The van der Waals surface area contributed by atoms with E-state index < -0.39 is 0 Å². The Morgan fingerprint density at radius 2 is 2.17 bits per heavy atom. The predicted molar refractivity (Wildman–Crippen MR) is 50.2 cm³/mol. The number of hydrogen-bond donors (Lipinski definition) is 0. The number of aromatic nitrogens is 3. The van der Waals surface area contributed by atoms with Crippen LogP contribution in [0.2, 0.25) is 0 Å². The molecule has 0 N–H and O–H groups in total. The normalized spacial score (nSPS) is 10.9. The molecular weight excluding hydrogens is 218 g/mol. The fraction of sp³-hybridized carbons (Fsp3) is 0.250. The molecule has 0 amide bonds. The Bertz CT molecular complexity index is 433. The molecule has 0 aromatic carbocycles. The van der Waals surface area contributed by atoms with Crippen molar-refractivity contribution in [1.82, 2.24) is 14.6 Å². The highest BCUT2D eigenvalue weighted by molar-refractivity contribution is 9.10. The van der Waals surface area contributed by atoms with E-state index in [9.17, 15) is 0 Å². The summed E-state index contributed by atoms with van der Waals surface area (Å²) in [7, 11) is 0. The maximum Gasteiger partial charge on any atom is 0.175 e. The van der Waals surface area contributed by atoms with E-state index in [0.29, 0.717) is 0 Å². The number of rotatable bonds is 0. The Morgan fingerprint density at radius 1 is 1.42 bits per heavy atom. The number of nitrogens with zero attached hydrogens (tertiary/aromatic N) is 3. The molecule has 2 heterocycles. The number of fused-ring (bicyclic) bond motifs is 1. The van der Waals surface area contributed by atoms with E-state index in [1.54, 1.807) is 6.33 Å². The predicted octanol–water partition coefficient (Wildman–Crippen LogP) is 2.11. The van der Waals surface area contributed by atoms with Crippen molar-refractivity contribution >= 4 is 21.6 Å². The molecule has 0 aliphatic rings. The van der Waals surface area contributed by atoms with Gasteiger partial charge in [0, 0.05) is 5.69 Å². The topological polar surface area (TPSA) is 30.2 Å². The van der Waals surface area contributed by atoms with Crippen molar-refractivity contribution in [1.29, 1.82) is 0 Å². The number of hydrogen-bond acceptors (Lipinski definition) is 2. The zero-order valence-electron chi connectivity index (χ0n) is 6.87. The summed E-state index contributed by atoms with van der Waals surface area (Å²) in [6.45, 7) is 4.12. The summed E-state index contributed by atoms with van der Waals surface area (Å²) < 4.78 is 2.96. The van der Waals surface area contributed by atoms with Gasteiger partial charge >= 0.3 is 0 Å². The maximum absolute atomic E-state index is 3.99. The quantitative estimate of drug-likeness (QED) is 0.688. The molecule has 2 aromatic rings. The van der Waals surface area contributed by atoms with Crippen molar-refractivity contribution in [2.45, 2.75) is 13.8 Å². The molecule has 12 heavy (non-hydrogen) atoms. The van der Waals surface area contributed by atoms with Crippen LogP contribution in [0.5, 0.6) is 0 Å². The van der Waals surface area contributed by atoms with Gasteiger partial charge in [0.05, 0.1) is 4.47 Å². The van der Waals surface area contributed by atoms with Crippen molar-refractivity contribution in [2.24, 2.45) is 0 Å². The average Bonchev–Trinajstić information content (AvgIpc) is 2.48. The lowest BCUT2D eigenvalue weighted by atomic mass is 10.2. The summed E-state index contributed by atoms with van der Waals surface area (Å²) in [5.74, 6) is 0. The minimum Gasteiger partial charge on any atom is -0.285 e. The molecular formula is C8H8BrN3. The van der Waals surface area contributed by atoms with Crippen LogP contribution >= 0.6 is 15.9 Å². The van der Waals surface area contributed by atoms with Crippen LogP contribution in [0.4, 0.5) is 0 Å². The highest BCUT2D eigenvalue weighted by atomic mass is 79.9. The van der Waals surface area contributed by atoms with Gasteiger partial charge in [-0.1, -0.05) is 0 Å². The van der Waals surface area contributed by atoms with E-state index in [1.165, 1.54) is 11.3 Å². The fourth-order valence-corrected chi connectivity index (χ4v) is 1.81. The molecule has 0 fully saturated rings. The minimum absolute atomic E-state index is 0.873. The molecule has 62 valence electrons. The van der Waals surface area contributed by atoms with Crippen molar-refractivity contribution in [3.05, 3.63) is 28.1 Å². The van der Waals surface area contributed by atoms with E-state index in [0.717, 1.165) is 10.1 Å². The largest absolute Gasteiger partial charge is 0.285 e. The summed E-state index contributed by atoms with van der Waals surface area (Å²) in [6, 6.07) is 2.05. The molecule has 3 nitrogen and oxygen atoms in total. The SMILES string of the molecule is Cc1cc(Br)c2nncn2c1C. The van der Waals surface area contributed by atoms with Gasteiger partial charge in [-0.15, -0.1) is 10.2 Å². The number of halogens is 1. The van der Waals surface area contributed by atoms with Crippen LogP contribution < -0.4 is 0 Å². The lowest BCUT2D eigenvalue weighted by molar-refractivity contribution is 1.04. The lowest BCUT2D eigenvalue weighted by Crippen LogP contribution is -1.93. The van der Waals surface area contributed by atoms with Gasteiger partial charge in [-0.2, -0.15) is 0 Å². The summed E-state index contributed by atoms with van der Waals surface area (Å²) in [5, 5.41) is 7.83. The summed E-state index contributed by atoms with van der Waals surface area (Å²) in [4.78, 5) is 0. The molecule has 0 atom stereocenters. The van der Waals surface area contributed by atoms with E-state index in [1.807, 2.05) is 4.40 Å². The van der Waals surface area contributed by atoms with Crippen LogP contribution in [0, 0.1) is 13.8 Å². The second-order valence-corrected chi connectivity index (χ2v) is 3.64. The zero-order chi connectivity index (χ0) is 8.72. The lowest BCUT2D eigenvalue weighted by Gasteiger charge is -2.03. The van der Waals surface area contributed by atoms with Crippen molar-refractivity contribution in [2.75, 3.05) is 0 Å². The smallest absolute Gasteiger partial charge is 0.175 e. The van der Waals surface area contributed by atoms with E-state index in [-0.39, 0.29) is 0 Å². The van der Waals surface area contributed by atoms with Crippen LogP contribution in [-0.4, -0.2) is 14.6 Å². The Morgan fingerprint density at radius 3 is 2.92 bits per heavy atom. The van der Waals surface area contributed by atoms with Crippen molar-refractivity contribution in [3.63, 3.8) is 0 Å². The number of aryl methyl sites for hydroxylation is 2. The zero-order valence-corrected chi connectivity index (χ0v) is 8.46. The molecule has 4 heteroatoms. The van der Waals surface area contributed by atoms with E-state index in [4.69, 9.17) is 0 Å². The third-order valence-electron chi connectivity index (χ3n) is 2.04. The van der Waals surface area contributed by atoms with Crippen LogP contribution in [0.25, 0.3) is 5.65 Å². The molecule has 2 aromatic heterocycles. The molecule has 0 saturated heterocycles. The molecule has 0 radical (unpaired) electrons. The van der Waals surface area contributed by atoms with Gasteiger partial charge in [0.2, 0.25) is 0 Å². The summed E-state index contributed by atoms with van der Waals surface area (Å²) >= 11 is 3.44. The maximum atomic E-state index is 3.99. The minimum atomic E-state index is 0.873. The van der Waals surface area contributed by atoms with E-state index >= 15 is 0 Å². The van der Waals surface area contributed by atoms with Crippen LogP contribution in [0.3, 0.4) is 0 Å². The summed E-state index contributed by atoms with van der Waals surface area (Å²) in [6.07, 6.45) is 1.72. The van der Waals surface area contributed by atoms with Crippen molar-refractivity contribution in [3.8, 4) is 0 Å². The highest BCUT2D eigenvalue weighted by Crippen LogP contribution is 2.19. The van der Waals surface area contributed by atoms with Gasteiger partial charge in [0.25, 0.3) is 0 Å². The third-order valence-corrected chi connectivity index (χ3v) is 2.62. The average molecular weight is 226 g/mol. The fourth-order valence-electron chi connectivity index (χ4n) is 1.19. The van der Waals surface area contributed by atoms with Crippen LogP contribution in [0.1, 0.15) is 11.3 Å². The first-order chi connectivity index (χ1) is 5.70. The second kappa shape index (κ2) is 2.55. The Balaban J connectivity index is 2.97. The molecule has 0 aliphatic carbocycles. The van der Waals surface area contributed by atoms with Gasteiger partial charge in [-0.3, -0.25) is 4.40 Å². The van der Waals surface area contributed by atoms with Gasteiger partial charge in [0.15, 0.2) is 5.65 Å². The Kier molecular flexibility index (Phi) is 1.65. The van der Waals surface area contributed by atoms with Gasteiger partial charge < -0.3 is 0 Å². The first kappa shape index (κ1) is 7.73. The summed E-state index contributed by atoms with van der Waals surface area (Å²) in [5.41, 5.74) is 3.28. The Hall–Kier alpha value is -0.900. The molecule has 2 rings (SSSR count). The molecule has 0 saturated carbocycles.